The molecule has 8 nitrogen and oxygen atoms in total. The Morgan fingerprint density at radius 3 is 2.57 bits per heavy atom. The second kappa shape index (κ2) is 7.55. The molecular weight excluding hydrogens is 381 g/mol. The summed E-state index contributed by atoms with van der Waals surface area (Å²) in [6, 6.07) is 7.38. The van der Waals surface area contributed by atoms with Gasteiger partial charge in [0.1, 0.15) is 0 Å². The van der Waals surface area contributed by atoms with E-state index in [1.54, 1.807) is 12.1 Å². The van der Waals surface area contributed by atoms with Gasteiger partial charge in [-0.05, 0) is 29.8 Å². The lowest BCUT2D eigenvalue weighted by atomic mass is 10.2. The lowest BCUT2D eigenvalue weighted by molar-refractivity contribution is -0.146. The van der Waals surface area contributed by atoms with Crippen molar-refractivity contribution in [3.8, 4) is 17.4 Å². The predicted molar refractivity (Wildman–Crippen MR) is 89.9 cm³/mol. The molecule has 11 heteroatoms. The van der Waals surface area contributed by atoms with E-state index in [-0.39, 0.29) is 23.0 Å². The molecule has 0 aliphatic rings. The molecule has 28 heavy (non-hydrogen) atoms. The highest BCUT2D eigenvalue weighted by atomic mass is 19.4. The largest absolute Gasteiger partial charge is 0.493 e. The van der Waals surface area contributed by atoms with Gasteiger partial charge in [-0.2, -0.15) is 17.7 Å². The molecule has 0 bridgehead atoms. The molecule has 1 aromatic carbocycles. The molecule has 2 heterocycles. The Kier molecular flexibility index (Phi) is 5.16. The molecule has 0 fully saturated rings. The normalized spacial score (nSPS) is 11.8. The molecule has 0 aliphatic heterocycles. The number of nitrogens with zero attached hydrogens (tertiary/aromatic N) is 4. The third-order valence-electron chi connectivity index (χ3n) is 3.51. The first-order valence-electron chi connectivity index (χ1n) is 7.73. The fourth-order valence-corrected chi connectivity index (χ4v) is 2.22. The number of benzene rings is 1. The van der Waals surface area contributed by atoms with Crippen LogP contribution in [0.15, 0.2) is 36.4 Å². The minimum atomic E-state index is -4.71. The van der Waals surface area contributed by atoms with Gasteiger partial charge in [0.15, 0.2) is 17.1 Å². The summed E-state index contributed by atoms with van der Waals surface area (Å²) in [6.07, 6.45) is -1.97. The number of alkyl halides is 3. The molecule has 0 aliphatic carbocycles. The van der Waals surface area contributed by atoms with Crippen molar-refractivity contribution in [2.75, 3.05) is 14.2 Å². The molecule has 2 aromatic heterocycles. The minimum Gasteiger partial charge on any atom is -0.493 e. The minimum absolute atomic E-state index is 0.0741. The third kappa shape index (κ3) is 4.03. The highest BCUT2D eigenvalue weighted by Crippen LogP contribution is 2.33. The van der Waals surface area contributed by atoms with Crippen LogP contribution in [0.1, 0.15) is 11.4 Å². The van der Waals surface area contributed by atoms with Gasteiger partial charge < -0.3 is 14.2 Å². The van der Waals surface area contributed by atoms with Crippen molar-refractivity contribution in [2.45, 2.75) is 6.18 Å². The van der Waals surface area contributed by atoms with E-state index in [0.717, 1.165) is 0 Å². The van der Waals surface area contributed by atoms with Crippen molar-refractivity contribution in [3.05, 3.63) is 47.8 Å². The topological polar surface area (TPSA) is 87.8 Å². The van der Waals surface area contributed by atoms with Gasteiger partial charge in [0.05, 0.1) is 14.2 Å². The highest BCUT2D eigenvalue weighted by Gasteiger charge is 2.37. The molecule has 0 amide bonds. The maximum Gasteiger partial charge on any atom is 0.453 e. The summed E-state index contributed by atoms with van der Waals surface area (Å²) in [7, 11) is 2.65. The van der Waals surface area contributed by atoms with E-state index in [2.05, 4.69) is 20.0 Å². The Morgan fingerprint density at radius 1 is 1.11 bits per heavy atom. The summed E-state index contributed by atoms with van der Waals surface area (Å²) in [5, 5.41) is 10.3. The van der Waals surface area contributed by atoms with Crippen molar-refractivity contribution in [1.29, 1.82) is 0 Å². The van der Waals surface area contributed by atoms with Crippen LogP contribution in [0.3, 0.4) is 0 Å². The Morgan fingerprint density at radius 2 is 1.89 bits per heavy atom. The van der Waals surface area contributed by atoms with Crippen LogP contribution in [-0.2, 0) is 15.7 Å². The molecule has 146 valence electrons. The summed E-state index contributed by atoms with van der Waals surface area (Å²) in [5.41, 5.74) is 0.547. The van der Waals surface area contributed by atoms with E-state index in [4.69, 9.17) is 9.47 Å². The summed E-state index contributed by atoms with van der Waals surface area (Å²) < 4.78 is 54.7. The van der Waals surface area contributed by atoms with Gasteiger partial charge in [-0.1, -0.05) is 6.07 Å². The maximum absolute atomic E-state index is 13.0. The zero-order valence-electron chi connectivity index (χ0n) is 14.6. The lowest BCUT2D eigenvalue weighted by Gasteiger charge is -2.11. The number of esters is 1. The molecular formula is C17H13F3N4O4. The summed E-state index contributed by atoms with van der Waals surface area (Å²) >= 11 is 0. The Labute approximate surface area is 156 Å². The zero-order chi connectivity index (χ0) is 20.3. The van der Waals surface area contributed by atoms with Gasteiger partial charge in [-0.15, -0.1) is 15.3 Å². The van der Waals surface area contributed by atoms with Crippen LogP contribution in [0.2, 0.25) is 0 Å². The number of fused-ring (bicyclic) bond motifs is 1. The molecule has 0 spiro atoms. The van der Waals surface area contributed by atoms with Crippen molar-refractivity contribution >= 4 is 17.7 Å². The zero-order valence-corrected chi connectivity index (χ0v) is 14.6. The number of carbonyl (C=O) groups excluding carboxylic acids is 1. The van der Waals surface area contributed by atoms with Crippen LogP contribution in [0.25, 0.3) is 11.7 Å². The van der Waals surface area contributed by atoms with E-state index in [9.17, 15) is 18.0 Å². The second-order valence-corrected chi connectivity index (χ2v) is 5.33. The highest BCUT2D eigenvalue weighted by molar-refractivity contribution is 5.87. The molecule has 0 radical (unpaired) electrons. The number of rotatable bonds is 5. The SMILES string of the molecule is COC(=O)/C=C/c1ccc(Oc2ccc3nnc(C(F)(F)F)n3n2)c(OC)c1. The van der Waals surface area contributed by atoms with Crippen molar-refractivity contribution < 1.29 is 32.2 Å². The van der Waals surface area contributed by atoms with Crippen LogP contribution in [0.5, 0.6) is 17.4 Å². The first-order chi connectivity index (χ1) is 13.3. The van der Waals surface area contributed by atoms with Crippen molar-refractivity contribution in [1.82, 2.24) is 19.8 Å². The van der Waals surface area contributed by atoms with Gasteiger partial charge in [0.2, 0.25) is 5.88 Å². The number of methoxy groups -OCH3 is 2. The first-order valence-corrected chi connectivity index (χ1v) is 7.73. The molecule has 0 saturated heterocycles. The number of ether oxygens (including phenoxy) is 3. The van der Waals surface area contributed by atoms with Gasteiger partial charge in [-0.25, -0.2) is 4.79 Å². The van der Waals surface area contributed by atoms with E-state index in [1.165, 1.54) is 44.6 Å². The number of aromatic nitrogens is 4. The van der Waals surface area contributed by atoms with Crippen LogP contribution >= 0.6 is 0 Å². The lowest BCUT2D eigenvalue weighted by Crippen LogP contribution is -2.12. The first kappa shape index (κ1) is 19.1. The molecule has 3 aromatic rings. The fraction of sp³-hybridized carbons (Fsp3) is 0.176. The second-order valence-electron chi connectivity index (χ2n) is 5.33. The molecule has 3 rings (SSSR count). The standard InChI is InChI=1S/C17H13F3N4O4/c1-26-12-9-10(4-8-15(25)27-2)3-5-11(12)28-14-7-6-13-21-22-16(17(18,19)20)24(13)23-14/h3-9H,1-2H3/b8-4+. The fourth-order valence-electron chi connectivity index (χ4n) is 2.22. The molecule has 0 unspecified atom stereocenters. The van der Waals surface area contributed by atoms with Crippen LogP contribution < -0.4 is 9.47 Å². The summed E-state index contributed by atoms with van der Waals surface area (Å²) in [4.78, 5) is 11.2. The van der Waals surface area contributed by atoms with Crippen molar-refractivity contribution in [3.63, 3.8) is 0 Å². The average molecular weight is 394 g/mol. The number of hydrogen-bond donors (Lipinski definition) is 0. The van der Waals surface area contributed by atoms with Crippen molar-refractivity contribution in [2.24, 2.45) is 0 Å². The monoisotopic (exact) mass is 394 g/mol. The van der Waals surface area contributed by atoms with Gasteiger partial charge >= 0.3 is 12.1 Å². The van der Waals surface area contributed by atoms with E-state index >= 15 is 0 Å². The molecule has 0 saturated carbocycles. The van der Waals surface area contributed by atoms with Crippen LogP contribution in [0.4, 0.5) is 13.2 Å². The Bertz CT molecular complexity index is 1050. The Hall–Kier alpha value is -3.63. The van der Waals surface area contributed by atoms with E-state index in [0.29, 0.717) is 10.1 Å². The number of hydrogen-bond acceptors (Lipinski definition) is 7. The summed E-state index contributed by atoms with van der Waals surface area (Å²) in [6.45, 7) is 0. The number of halogens is 3. The van der Waals surface area contributed by atoms with Crippen LogP contribution in [-0.4, -0.2) is 40.0 Å². The quantitative estimate of drug-likeness (QED) is 0.485. The third-order valence-corrected chi connectivity index (χ3v) is 3.51. The van der Waals surface area contributed by atoms with Gasteiger partial charge in [0.25, 0.3) is 5.82 Å². The van der Waals surface area contributed by atoms with E-state index in [1.807, 2.05) is 0 Å². The summed E-state index contributed by atoms with van der Waals surface area (Å²) in [5.74, 6) is -1.40. The smallest absolute Gasteiger partial charge is 0.453 e. The predicted octanol–water partition coefficient (Wildman–Crippen LogP) is 3.13. The molecule has 0 N–H and O–H groups in total. The van der Waals surface area contributed by atoms with Gasteiger partial charge in [0, 0.05) is 12.1 Å². The van der Waals surface area contributed by atoms with Gasteiger partial charge in [-0.3, -0.25) is 0 Å². The Balaban J connectivity index is 1.90. The average Bonchev–Trinajstić information content (AvgIpc) is 3.10. The maximum atomic E-state index is 13.0. The van der Waals surface area contributed by atoms with E-state index < -0.39 is 18.0 Å². The molecule has 0 atom stereocenters. The van der Waals surface area contributed by atoms with Crippen LogP contribution in [0, 0.1) is 0 Å². The number of carbonyl (C=O) groups is 1.